The molecule has 1 amide bonds. The molecule has 4 rings (SSSR count). The molecule has 1 aliphatic heterocycles. The van der Waals surface area contributed by atoms with Gasteiger partial charge in [0.1, 0.15) is 5.82 Å². The topological polar surface area (TPSA) is 39.7 Å². The number of amides is 1. The van der Waals surface area contributed by atoms with Crippen molar-refractivity contribution < 1.29 is 4.79 Å². The number of rotatable bonds is 5. The van der Waals surface area contributed by atoms with Gasteiger partial charge in [-0.3, -0.25) is 4.79 Å². The molecule has 1 aliphatic rings. The Morgan fingerprint density at radius 1 is 0.933 bits per heavy atom. The summed E-state index contributed by atoms with van der Waals surface area (Å²) < 4.78 is 0. The zero-order chi connectivity index (χ0) is 20.9. The molecule has 5 nitrogen and oxygen atoms in total. The molecule has 0 bridgehead atoms. The van der Waals surface area contributed by atoms with Crippen molar-refractivity contribution in [1.82, 2.24) is 9.88 Å². The number of hydrogen-bond donors (Lipinski definition) is 0. The fraction of sp³-hybridized carbons (Fsp3) is 0.280. The second-order valence-corrected chi connectivity index (χ2v) is 7.91. The average Bonchev–Trinajstić information content (AvgIpc) is 2.79. The third-order valence-electron chi connectivity index (χ3n) is 5.59. The smallest absolute Gasteiger partial charge is 0.258 e. The van der Waals surface area contributed by atoms with Crippen LogP contribution < -0.4 is 9.80 Å². The van der Waals surface area contributed by atoms with Gasteiger partial charge in [-0.05, 0) is 49.9 Å². The van der Waals surface area contributed by atoms with Crippen LogP contribution in [0.2, 0.25) is 0 Å². The number of carbonyl (C=O) groups excluding carboxylic acids is 1. The second-order valence-electron chi connectivity index (χ2n) is 7.91. The molecule has 1 saturated heterocycles. The van der Waals surface area contributed by atoms with Crippen LogP contribution in [0.1, 0.15) is 21.5 Å². The zero-order valence-corrected chi connectivity index (χ0v) is 17.7. The molecule has 0 radical (unpaired) electrons. The number of anilines is 2. The highest BCUT2D eigenvalue weighted by atomic mass is 16.2. The molecule has 30 heavy (non-hydrogen) atoms. The van der Waals surface area contributed by atoms with Crippen molar-refractivity contribution in [2.75, 3.05) is 43.0 Å². The number of nitrogens with zero attached hydrogens (tertiary/aromatic N) is 4. The largest absolute Gasteiger partial charge is 0.354 e. The minimum Gasteiger partial charge on any atom is -0.354 e. The number of benzene rings is 2. The molecule has 0 unspecified atom stereocenters. The van der Waals surface area contributed by atoms with E-state index in [1.165, 1.54) is 0 Å². The maximum absolute atomic E-state index is 13.3. The lowest BCUT2D eigenvalue weighted by Crippen LogP contribution is -2.44. The lowest BCUT2D eigenvalue weighted by molar-refractivity contribution is 0.0985. The molecule has 154 valence electrons. The number of carbonyl (C=O) groups is 1. The van der Waals surface area contributed by atoms with Gasteiger partial charge in [0.2, 0.25) is 0 Å². The van der Waals surface area contributed by atoms with Gasteiger partial charge in [0, 0.05) is 43.6 Å². The highest BCUT2D eigenvalue weighted by molar-refractivity contribution is 6.06. The first kappa shape index (κ1) is 20.1. The van der Waals surface area contributed by atoms with E-state index in [9.17, 15) is 4.79 Å². The fourth-order valence-electron chi connectivity index (χ4n) is 3.66. The van der Waals surface area contributed by atoms with Crippen molar-refractivity contribution in [2.24, 2.45) is 0 Å². The number of para-hydroxylation sites is 1. The molecule has 1 fully saturated rings. The van der Waals surface area contributed by atoms with E-state index < -0.39 is 0 Å². The number of hydrogen-bond acceptors (Lipinski definition) is 4. The van der Waals surface area contributed by atoms with E-state index in [4.69, 9.17) is 0 Å². The summed E-state index contributed by atoms with van der Waals surface area (Å²) in [7, 11) is 2.15. The van der Waals surface area contributed by atoms with Crippen LogP contribution in [0, 0.1) is 6.92 Å². The van der Waals surface area contributed by atoms with E-state index >= 15 is 0 Å². The fourth-order valence-corrected chi connectivity index (χ4v) is 3.66. The molecule has 0 spiro atoms. The Morgan fingerprint density at radius 3 is 2.27 bits per heavy atom. The summed E-state index contributed by atoms with van der Waals surface area (Å²) in [4.78, 5) is 24.5. The summed E-state index contributed by atoms with van der Waals surface area (Å²) in [6, 6.07) is 21.7. The highest BCUT2D eigenvalue weighted by Crippen LogP contribution is 2.21. The monoisotopic (exact) mass is 400 g/mol. The van der Waals surface area contributed by atoms with E-state index in [1.54, 1.807) is 0 Å². The average molecular weight is 401 g/mol. The molecular formula is C25H28N4O. The van der Waals surface area contributed by atoms with Gasteiger partial charge in [0.05, 0.1) is 6.54 Å². The molecule has 1 aromatic heterocycles. The minimum absolute atomic E-state index is 0.00987. The molecule has 0 aliphatic carbocycles. The summed E-state index contributed by atoms with van der Waals surface area (Å²) in [5.74, 6) is 0.993. The number of pyridine rings is 1. The van der Waals surface area contributed by atoms with Crippen LogP contribution in [0.4, 0.5) is 11.5 Å². The predicted octanol–water partition coefficient (Wildman–Crippen LogP) is 3.99. The predicted molar refractivity (Wildman–Crippen MR) is 122 cm³/mol. The van der Waals surface area contributed by atoms with Crippen LogP contribution in [0.3, 0.4) is 0 Å². The lowest BCUT2D eigenvalue weighted by Gasteiger charge is -2.33. The summed E-state index contributed by atoms with van der Waals surface area (Å²) >= 11 is 0. The molecule has 0 saturated carbocycles. The minimum atomic E-state index is -0.00987. The van der Waals surface area contributed by atoms with E-state index in [0.29, 0.717) is 12.1 Å². The van der Waals surface area contributed by atoms with Gasteiger partial charge in [0.25, 0.3) is 5.91 Å². The summed E-state index contributed by atoms with van der Waals surface area (Å²) in [6.07, 6.45) is 1.89. The Hall–Kier alpha value is -3.18. The van der Waals surface area contributed by atoms with Crippen LogP contribution in [0.15, 0.2) is 72.9 Å². The Morgan fingerprint density at radius 2 is 1.63 bits per heavy atom. The first-order valence-corrected chi connectivity index (χ1v) is 10.4. The van der Waals surface area contributed by atoms with Crippen molar-refractivity contribution in [2.45, 2.75) is 13.5 Å². The summed E-state index contributed by atoms with van der Waals surface area (Å²) in [5.41, 5.74) is 3.72. The molecule has 0 N–H and O–H groups in total. The third-order valence-corrected chi connectivity index (χ3v) is 5.59. The van der Waals surface area contributed by atoms with Gasteiger partial charge in [-0.2, -0.15) is 0 Å². The van der Waals surface area contributed by atoms with Crippen LogP contribution in [-0.4, -0.2) is 49.0 Å². The SMILES string of the molecule is Cc1ccc(C(=O)N(Cc2ccc(N3CCN(C)CC3)nc2)c2ccccc2)cc1. The van der Waals surface area contributed by atoms with Crippen molar-refractivity contribution in [3.05, 3.63) is 89.6 Å². The van der Waals surface area contributed by atoms with Gasteiger partial charge >= 0.3 is 0 Å². The molecule has 5 heteroatoms. The van der Waals surface area contributed by atoms with Crippen molar-refractivity contribution >= 4 is 17.4 Å². The van der Waals surface area contributed by atoms with Crippen LogP contribution in [0.5, 0.6) is 0 Å². The van der Waals surface area contributed by atoms with E-state index in [-0.39, 0.29) is 5.91 Å². The van der Waals surface area contributed by atoms with E-state index in [0.717, 1.165) is 48.8 Å². The van der Waals surface area contributed by atoms with Crippen molar-refractivity contribution in [3.63, 3.8) is 0 Å². The molecular weight excluding hydrogens is 372 g/mol. The van der Waals surface area contributed by atoms with Gasteiger partial charge < -0.3 is 14.7 Å². The Labute approximate surface area is 178 Å². The van der Waals surface area contributed by atoms with Crippen LogP contribution in [0.25, 0.3) is 0 Å². The zero-order valence-electron chi connectivity index (χ0n) is 17.7. The molecule has 2 heterocycles. The van der Waals surface area contributed by atoms with Gasteiger partial charge in [0.15, 0.2) is 0 Å². The molecule has 0 atom stereocenters. The number of aromatic nitrogens is 1. The normalized spacial score (nSPS) is 14.5. The van der Waals surface area contributed by atoms with E-state index in [2.05, 4.69) is 34.0 Å². The number of piperazine rings is 1. The van der Waals surface area contributed by atoms with Crippen LogP contribution in [-0.2, 0) is 6.54 Å². The Balaban J connectivity index is 1.54. The van der Waals surface area contributed by atoms with Gasteiger partial charge in [-0.25, -0.2) is 4.98 Å². The first-order valence-electron chi connectivity index (χ1n) is 10.4. The number of aryl methyl sites for hydroxylation is 1. The maximum atomic E-state index is 13.3. The molecule has 2 aromatic carbocycles. The highest BCUT2D eigenvalue weighted by Gasteiger charge is 2.19. The second kappa shape index (κ2) is 9.09. The third kappa shape index (κ3) is 4.69. The number of likely N-dealkylation sites (N-methyl/N-ethyl adjacent to an activating group) is 1. The Kier molecular flexibility index (Phi) is 6.10. The summed E-state index contributed by atoms with van der Waals surface area (Å²) in [6.45, 7) is 6.59. The maximum Gasteiger partial charge on any atom is 0.258 e. The van der Waals surface area contributed by atoms with E-state index in [1.807, 2.05) is 72.6 Å². The van der Waals surface area contributed by atoms with Gasteiger partial charge in [-0.1, -0.05) is 42.0 Å². The quantitative estimate of drug-likeness (QED) is 0.649. The van der Waals surface area contributed by atoms with Crippen molar-refractivity contribution in [1.29, 1.82) is 0 Å². The lowest BCUT2D eigenvalue weighted by atomic mass is 10.1. The first-order chi connectivity index (χ1) is 14.6. The summed E-state index contributed by atoms with van der Waals surface area (Å²) in [5, 5.41) is 0. The molecule has 3 aromatic rings. The van der Waals surface area contributed by atoms with Crippen molar-refractivity contribution in [3.8, 4) is 0 Å². The van der Waals surface area contributed by atoms with Gasteiger partial charge in [-0.15, -0.1) is 0 Å². The standard InChI is InChI=1S/C25H28N4O/c1-20-8-11-22(12-9-20)25(30)29(23-6-4-3-5-7-23)19-21-10-13-24(26-18-21)28-16-14-27(2)15-17-28/h3-13,18H,14-17,19H2,1-2H3. The Bertz CT molecular complexity index is 962. The van der Waals surface area contributed by atoms with Crippen LogP contribution >= 0.6 is 0 Å².